The molecule has 1 N–H and O–H groups in total. The van der Waals surface area contributed by atoms with E-state index in [9.17, 15) is 18.4 Å². The average molecular weight is 358 g/mol. The standard InChI is InChI=1S/C20H20F2N2O2/c1-24-8-6-13(7-9-24)19(25)15-10-17(22)12-18(11-15)23-20(26)14-2-4-16(21)5-3-14/h2-5,10-13H,6-9H2,1H3,(H,23,26). The van der Waals surface area contributed by atoms with E-state index < -0.39 is 17.5 Å². The highest BCUT2D eigenvalue weighted by Gasteiger charge is 2.25. The van der Waals surface area contributed by atoms with Crippen molar-refractivity contribution in [1.82, 2.24) is 4.90 Å². The fourth-order valence-electron chi connectivity index (χ4n) is 3.12. The van der Waals surface area contributed by atoms with Crippen molar-refractivity contribution in [3.05, 3.63) is 65.2 Å². The number of carbonyl (C=O) groups excluding carboxylic acids is 2. The summed E-state index contributed by atoms with van der Waals surface area (Å²) in [5.41, 5.74) is 0.711. The van der Waals surface area contributed by atoms with E-state index >= 15 is 0 Å². The molecule has 2 aromatic rings. The third-order valence-electron chi connectivity index (χ3n) is 4.64. The van der Waals surface area contributed by atoms with Crippen molar-refractivity contribution in [1.29, 1.82) is 0 Å². The van der Waals surface area contributed by atoms with E-state index in [1.54, 1.807) is 0 Å². The van der Waals surface area contributed by atoms with Crippen LogP contribution >= 0.6 is 0 Å². The molecule has 0 bridgehead atoms. The molecule has 136 valence electrons. The molecular formula is C20H20F2N2O2. The van der Waals surface area contributed by atoms with Crippen LogP contribution in [-0.4, -0.2) is 36.7 Å². The number of likely N-dealkylation sites (tertiary alicyclic amines) is 1. The normalized spacial score (nSPS) is 15.7. The molecule has 1 saturated heterocycles. The number of nitrogens with zero attached hydrogens (tertiary/aromatic N) is 1. The van der Waals surface area contributed by atoms with Crippen LogP contribution in [0.4, 0.5) is 14.5 Å². The number of hydrogen-bond donors (Lipinski definition) is 1. The van der Waals surface area contributed by atoms with Crippen LogP contribution in [0.1, 0.15) is 33.6 Å². The fourth-order valence-corrected chi connectivity index (χ4v) is 3.12. The lowest BCUT2D eigenvalue weighted by Crippen LogP contribution is -2.33. The van der Waals surface area contributed by atoms with E-state index in [1.165, 1.54) is 36.4 Å². The van der Waals surface area contributed by atoms with Gasteiger partial charge in [0.2, 0.25) is 0 Å². The van der Waals surface area contributed by atoms with Crippen molar-refractivity contribution in [2.45, 2.75) is 12.8 Å². The van der Waals surface area contributed by atoms with Gasteiger partial charge >= 0.3 is 0 Å². The number of benzene rings is 2. The second-order valence-corrected chi connectivity index (χ2v) is 6.63. The Hall–Kier alpha value is -2.60. The van der Waals surface area contributed by atoms with Crippen LogP contribution < -0.4 is 5.32 Å². The number of Topliss-reactive ketones (excluding diaryl/α,β-unsaturated/α-hetero) is 1. The third kappa shape index (κ3) is 4.32. The van der Waals surface area contributed by atoms with Gasteiger partial charge in [0.15, 0.2) is 5.78 Å². The molecule has 1 amide bonds. The zero-order chi connectivity index (χ0) is 18.7. The Balaban J connectivity index is 1.76. The molecule has 4 nitrogen and oxygen atoms in total. The summed E-state index contributed by atoms with van der Waals surface area (Å²) < 4.78 is 26.9. The minimum absolute atomic E-state index is 0.102. The van der Waals surface area contributed by atoms with Crippen LogP contribution in [0, 0.1) is 17.6 Å². The highest BCUT2D eigenvalue weighted by atomic mass is 19.1. The molecule has 0 spiro atoms. The fraction of sp³-hybridized carbons (Fsp3) is 0.300. The highest BCUT2D eigenvalue weighted by molar-refractivity contribution is 6.05. The Morgan fingerprint density at radius 1 is 0.962 bits per heavy atom. The maximum atomic E-state index is 14.0. The third-order valence-corrected chi connectivity index (χ3v) is 4.64. The maximum Gasteiger partial charge on any atom is 0.255 e. The van der Waals surface area contributed by atoms with Crippen LogP contribution in [0.3, 0.4) is 0 Å². The first-order valence-electron chi connectivity index (χ1n) is 8.52. The number of ketones is 1. The molecule has 0 aliphatic carbocycles. The van der Waals surface area contributed by atoms with Gasteiger partial charge in [0.05, 0.1) is 0 Å². The van der Waals surface area contributed by atoms with E-state index in [1.807, 2.05) is 7.05 Å². The number of piperidine rings is 1. The van der Waals surface area contributed by atoms with E-state index in [0.717, 1.165) is 32.0 Å². The molecule has 1 aliphatic rings. The smallest absolute Gasteiger partial charge is 0.255 e. The van der Waals surface area contributed by atoms with Gasteiger partial charge < -0.3 is 10.2 Å². The van der Waals surface area contributed by atoms with Crippen LogP contribution in [0.25, 0.3) is 0 Å². The summed E-state index contributed by atoms with van der Waals surface area (Å²) in [6.45, 7) is 1.67. The van der Waals surface area contributed by atoms with Crippen LogP contribution in [0.2, 0.25) is 0 Å². The zero-order valence-electron chi connectivity index (χ0n) is 14.5. The molecular weight excluding hydrogens is 338 g/mol. The molecule has 3 rings (SSSR count). The van der Waals surface area contributed by atoms with Crippen molar-refractivity contribution in [2.24, 2.45) is 5.92 Å². The zero-order valence-corrected chi connectivity index (χ0v) is 14.5. The van der Waals surface area contributed by atoms with Crippen LogP contribution in [-0.2, 0) is 0 Å². The molecule has 1 fully saturated rings. The van der Waals surface area contributed by atoms with Crippen molar-refractivity contribution in [3.8, 4) is 0 Å². The molecule has 2 aromatic carbocycles. The first-order valence-corrected chi connectivity index (χ1v) is 8.52. The average Bonchev–Trinajstić information content (AvgIpc) is 2.61. The Morgan fingerprint density at radius 3 is 2.27 bits per heavy atom. The van der Waals surface area contributed by atoms with Crippen molar-refractivity contribution < 1.29 is 18.4 Å². The Labute approximate surface area is 150 Å². The van der Waals surface area contributed by atoms with Crippen molar-refractivity contribution in [3.63, 3.8) is 0 Å². The van der Waals surface area contributed by atoms with Gasteiger partial charge in [0.1, 0.15) is 11.6 Å². The predicted molar refractivity (Wildman–Crippen MR) is 95.3 cm³/mol. The Bertz CT molecular complexity index is 813. The largest absolute Gasteiger partial charge is 0.322 e. The van der Waals surface area contributed by atoms with Crippen LogP contribution in [0.15, 0.2) is 42.5 Å². The van der Waals surface area contributed by atoms with E-state index in [0.29, 0.717) is 0 Å². The summed E-state index contributed by atoms with van der Waals surface area (Å²) in [5.74, 6) is -1.76. The van der Waals surface area contributed by atoms with Gasteiger partial charge in [0, 0.05) is 22.7 Å². The lowest BCUT2D eigenvalue weighted by molar-refractivity contribution is 0.0856. The minimum Gasteiger partial charge on any atom is -0.322 e. The summed E-state index contributed by atoms with van der Waals surface area (Å²) in [5, 5.41) is 2.56. The molecule has 0 radical (unpaired) electrons. The number of anilines is 1. The Morgan fingerprint density at radius 2 is 1.62 bits per heavy atom. The summed E-state index contributed by atoms with van der Waals surface area (Å²) >= 11 is 0. The number of rotatable bonds is 4. The van der Waals surface area contributed by atoms with E-state index in [2.05, 4.69) is 10.2 Å². The van der Waals surface area contributed by atoms with Crippen molar-refractivity contribution >= 4 is 17.4 Å². The molecule has 0 unspecified atom stereocenters. The monoisotopic (exact) mass is 358 g/mol. The second-order valence-electron chi connectivity index (χ2n) is 6.63. The van der Waals surface area contributed by atoms with Gasteiger partial charge in [-0.2, -0.15) is 0 Å². The van der Waals surface area contributed by atoms with Gasteiger partial charge in [-0.15, -0.1) is 0 Å². The van der Waals surface area contributed by atoms with Crippen LogP contribution in [0.5, 0.6) is 0 Å². The quantitative estimate of drug-likeness (QED) is 0.847. The molecule has 0 aromatic heterocycles. The number of carbonyl (C=O) groups is 2. The first kappa shape index (κ1) is 18.2. The van der Waals surface area contributed by atoms with E-state index in [4.69, 9.17) is 0 Å². The molecule has 1 heterocycles. The molecule has 6 heteroatoms. The van der Waals surface area contributed by atoms with Gasteiger partial charge in [-0.1, -0.05) is 0 Å². The van der Waals surface area contributed by atoms with Gasteiger partial charge in [0.25, 0.3) is 5.91 Å². The van der Waals surface area contributed by atoms with Gasteiger partial charge in [-0.25, -0.2) is 8.78 Å². The molecule has 1 aliphatic heterocycles. The Kier molecular flexibility index (Phi) is 5.42. The summed E-state index contributed by atoms with van der Waals surface area (Å²) in [6, 6.07) is 8.89. The minimum atomic E-state index is -0.585. The second kappa shape index (κ2) is 7.74. The SMILES string of the molecule is CN1CCC(C(=O)c2cc(F)cc(NC(=O)c3ccc(F)cc3)c2)CC1. The lowest BCUT2D eigenvalue weighted by Gasteiger charge is -2.28. The summed E-state index contributed by atoms with van der Waals surface area (Å²) in [6.07, 6.45) is 1.48. The maximum absolute atomic E-state index is 14.0. The number of hydrogen-bond acceptors (Lipinski definition) is 3. The number of nitrogens with one attached hydrogen (secondary N) is 1. The van der Waals surface area contributed by atoms with E-state index in [-0.39, 0.29) is 28.5 Å². The molecule has 0 saturated carbocycles. The van der Waals surface area contributed by atoms with Gasteiger partial charge in [-0.3, -0.25) is 9.59 Å². The predicted octanol–water partition coefficient (Wildman–Crippen LogP) is 3.74. The number of halogens is 2. The topological polar surface area (TPSA) is 49.4 Å². The highest BCUT2D eigenvalue weighted by Crippen LogP contribution is 2.24. The molecule has 26 heavy (non-hydrogen) atoms. The lowest BCUT2D eigenvalue weighted by atomic mass is 9.89. The van der Waals surface area contributed by atoms with Crippen molar-refractivity contribution in [2.75, 3.05) is 25.5 Å². The first-order chi connectivity index (χ1) is 12.4. The summed E-state index contributed by atoms with van der Waals surface area (Å²) in [4.78, 5) is 27.0. The molecule has 0 atom stereocenters. The van der Waals surface area contributed by atoms with Gasteiger partial charge in [-0.05, 0) is 75.4 Å². The number of amides is 1. The summed E-state index contributed by atoms with van der Waals surface area (Å²) in [7, 11) is 2.01.